The third-order valence-corrected chi connectivity index (χ3v) is 8.44. The van der Waals surface area contributed by atoms with Gasteiger partial charge in [-0.3, -0.25) is 4.98 Å². The number of nitrogens with zero attached hydrogens (tertiary/aromatic N) is 5. The topological polar surface area (TPSA) is 67.9 Å². The monoisotopic (exact) mass is 497 g/mol. The zero-order valence-electron chi connectivity index (χ0n) is 20.6. The van der Waals surface area contributed by atoms with Crippen molar-refractivity contribution >= 4 is 33.8 Å². The van der Waals surface area contributed by atoms with Gasteiger partial charge in [-0.1, -0.05) is 28.9 Å². The summed E-state index contributed by atoms with van der Waals surface area (Å²) in [6.45, 7) is 6.09. The summed E-state index contributed by atoms with van der Waals surface area (Å²) in [7, 11) is 0. The Morgan fingerprint density at radius 2 is 1.83 bits per heavy atom. The van der Waals surface area contributed by atoms with Crippen LogP contribution in [0.15, 0.2) is 47.3 Å². The molecule has 0 unspecified atom stereocenters. The lowest BCUT2D eigenvalue weighted by atomic mass is 9.63. The highest BCUT2D eigenvalue weighted by Crippen LogP contribution is 2.56. The predicted octanol–water partition coefficient (Wildman–Crippen LogP) is 6.90. The number of aryl methyl sites for hydroxylation is 2. The van der Waals surface area contributed by atoms with Crippen LogP contribution in [0.5, 0.6) is 0 Å². The molecular weight excluding hydrogens is 470 g/mol. The standard InChI is InChI=1S/C29H28ClN5O/c1-17-15-31-16-23(30)25(17)27-26(28(36-34-27)19-3-4-19)21-13-29(14-21)7-9-35(10-8-29)22-6-5-20-11-18(2)32-33-24(20)12-22/h5-6,11-13,15-16,19H,3-4,7-10,14H2,1-2H3. The summed E-state index contributed by atoms with van der Waals surface area (Å²) in [5.41, 5.74) is 8.81. The second-order valence-electron chi connectivity index (χ2n) is 10.8. The van der Waals surface area contributed by atoms with Gasteiger partial charge in [0, 0.05) is 53.6 Å². The van der Waals surface area contributed by atoms with Gasteiger partial charge in [0.05, 0.1) is 16.2 Å². The van der Waals surface area contributed by atoms with E-state index in [4.69, 9.17) is 16.1 Å². The minimum absolute atomic E-state index is 0.256. The first-order valence-corrected chi connectivity index (χ1v) is 13.2. The van der Waals surface area contributed by atoms with Crippen LogP contribution >= 0.6 is 11.6 Å². The van der Waals surface area contributed by atoms with Crippen molar-refractivity contribution in [2.45, 2.75) is 51.9 Å². The molecule has 2 aliphatic carbocycles. The molecule has 1 saturated carbocycles. The number of anilines is 1. The molecule has 2 fully saturated rings. The molecule has 0 radical (unpaired) electrons. The molecule has 7 heteroatoms. The second kappa shape index (κ2) is 8.13. The van der Waals surface area contributed by atoms with Gasteiger partial charge in [0.1, 0.15) is 11.5 Å². The average molecular weight is 498 g/mol. The molecule has 6 nitrogen and oxygen atoms in total. The van der Waals surface area contributed by atoms with Crippen molar-refractivity contribution in [2.24, 2.45) is 5.41 Å². The van der Waals surface area contributed by atoms with Crippen LogP contribution in [0, 0.1) is 19.3 Å². The Kier molecular flexibility index (Phi) is 4.97. The molecule has 0 amide bonds. The van der Waals surface area contributed by atoms with E-state index in [0.717, 1.165) is 71.5 Å². The van der Waals surface area contributed by atoms with Gasteiger partial charge in [-0.15, -0.1) is 0 Å². The van der Waals surface area contributed by atoms with Crippen molar-refractivity contribution in [1.29, 1.82) is 0 Å². The SMILES string of the molecule is Cc1cc2ccc(N3CCC4(C=C(c5c(-c6c(C)cncc6Cl)noc5C5CC5)C4)CC3)cc2nn1. The van der Waals surface area contributed by atoms with Gasteiger partial charge < -0.3 is 9.42 Å². The minimum Gasteiger partial charge on any atom is -0.371 e. The predicted molar refractivity (Wildman–Crippen MR) is 142 cm³/mol. The van der Waals surface area contributed by atoms with Crippen molar-refractivity contribution < 1.29 is 4.52 Å². The summed E-state index contributed by atoms with van der Waals surface area (Å²) in [6.07, 6.45) is 11.8. The van der Waals surface area contributed by atoms with Crippen molar-refractivity contribution in [1.82, 2.24) is 20.3 Å². The molecule has 36 heavy (non-hydrogen) atoms. The molecule has 1 aromatic carbocycles. The quantitative estimate of drug-likeness (QED) is 0.305. The molecule has 0 atom stereocenters. The fraction of sp³-hybridized carbons (Fsp3) is 0.379. The number of pyridine rings is 1. The van der Waals surface area contributed by atoms with Crippen LogP contribution in [-0.4, -0.2) is 33.4 Å². The number of benzene rings is 1. The van der Waals surface area contributed by atoms with E-state index in [2.05, 4.69) is 55.6 Å². The Morgan fingerprint density at radius 3 is 2.58 bits per heavy atom. The smallest absolute Gasteiger partial charge is 0.147 e. The van der Waals surface area contributed by atoms with Crippen LogP contribution in [0.4, 0.5) is 5.69 Å². The lowest BCUT2D eigenvalue weighted by molar-refractivity contribution is 0.277. The molecule has 3 aliphatic rings. The number of aromatic nitrogens is 4. The second-order valence-corrected chi connectivity index (χ2v) is 11.2. The molecule has 0 N–H and O–H groups in total. The number of fused-ring (bicyclic) bond motifs is 1. The largest absolute Gasteiger partial charge is 0.371 e. The molecular formula is C29H28ClN5O. The fourth-order valence-corrected chi connectivity index (χ4v) is 6.27. The van der Waals surface area contributed by atoms with Crippen molar-refractivity contribution in [2.75, 3.05) is 18.0 Å². The number of hydrogen-bond donors (Lipinski definition) is 0. The summed E-state index contributed by atoms with van der Waals surface area (Å²) in [5, 5.41) is 14.9. The number of rotatable bonds is 4. The Morgan fingerprint density at radius 1 is 1.03 bits per heavy atom. The van der Waals surface area contributed by atoms with Gasteiger partial charge in [-0.25, -0.2) is 0 Å². The van der Waals surface area contributed by atoms with E-state index in [1.165, 1.54) is 29.7 Å². The van der Waals surface area contributed by atoms with Gasteiger partial charge in [0.25, 0.3) is 0 Å². The van der Waals surface area contributed by atoms with E-state index in [1.54, 1.807) is 6.20 Å². The van der Waals surface area contributed by atoms with Crippen LogP contribution in [0.3, 0.4) is 0 Å². The van der Waals surface area contributed by atoms with Crippen molar-refractivity contribution in [3.63, 3.8) is 0 Å². The number of piperidine rings is 1. The van der Waals surface area contributed by atoms with Crippen LogP contribution in [0.2, 0.25) is 5.02 Å². The molecule has 3 aromatic heterocycles. The third-order valence-electron chi connectivity index (χ3n) is 8.15. The van der Waals surface area contributed by atoms with Crippen LogP contribution in [0.1, 0.15) is 60.6 Å². The minimum atomic E-state index is 0.256. The molecule has 4 aromatic rings. The van der Waals surface area contributed by atoms with Gasteiger partial charge in [0.2, 0.25) is 0 Å². The van der Waals surface area contributed by atoms with Gasteiger partial charge in [-0.2, -0.15) is 10.2 Å². The maximum absolute atomic E-state index is 6.59. The van der Waals surface area contributed by atoms with E-state index in [-0.39, 0.29) is 5.41 Å². The maximum Gasteiger partial charge on any atom is 0.147 e. The Bertz CT molecular complexity index is 1510. The van der Waals surface area contributed by atoms with E-state index in [0.29, 0.717) is 10.9 Å². The third kappa shape index (κ3) is 3.62. The Balaban J connectivity index is 1.15. The fourth-order valence-electron chi connectivity index (χ4n) is 5.98. The first-order chi connectivity index (χ1) is 17.5. The first kappa shape index (κ1) is 22.0. The van der Waals surface area contributed by atoms with Crippen LogP contribution < -0.4 is 4.90 Å². The van der Waals surface area contributed by atoms with E-state index >= 15 is 0 Å². The number of hydrogen-bond acceptors (Lipinski definition) is 6. The van der Waals surface area contributed by atoms with Crippen LogP contribution in [0.25, 0.3) is 27.7 Å². The van der Waals surface area contributed by atoms with Crippen molar-refractivity contribution in [3.8, 4) is 11.3 Å². The lowest BCUT2D eigenvalue weighted by Crippen LogP contribution is -2.42. The molecule has 1 aliphatic heterocycles. The molecule has 1 spiro atoms. The van der Waals surface area contributed by atoms with Gasteiger partial charge in [0.15, 0.2) is 0 Å². The molecule has 1 saturated heterocycles. The highest BCUT2D eigenvalue weighted by atomic mass is 35.5. The maximum atomic E-state index is 6.59. The summed E-state index contributed by atoms with van der Waals surface area (Å²) in [5.74, 6) is 1.53. The van der Waals surface area contributed by atoms with Crippen LogP contribution in [-0.2, 0) is 0 Å². The Labute approximate surface area is 215 Å². The lowest BCUT2D eigenvalue weighted by Gasteiger charge is -2.47. The summed E-state index contributed by atoms with van der Waals surface area (Å²) >= 11 is 6.59. The van der Waals surface area contributed by atoms with E-state index < -0.39 is 0 Å². The highest BCUT2D eigenvalue weighted by Gasteiger charge is 2.44. The number of allylic oxidation sites excluding steroid dienone is 2. The molecule has 182 valence electrons. The highest BCUT2D eigenvalue weighted by molar-refractivity contribution is 6.33. The zero-order valence-corrected chi connectivity index (χ0v) is 21.3. The number of halogens is 1. The first-order valence-electron chi connectivity index (χ1n) is 12.8. The van der Waals surface area contributed by atoms with E-state index in [9.17, 15) is 0 Å². The van der Waals surface area contributed by atoms with E-state index in [1.807, 2.05) is 20.0 Å². The molecule has 7 rings (SSSR count). The summed E-state index contributed by atoms with van der Waals surface area (Å²) in [6, 6.07) is 8.65. The summed E-state index contributed by atoms with van der Waals surface area (Å²) in [4.78, 5) is 6.72. The zero-order chi connectivity index (χ0) is 24.4. The molecule has 0 bridgehead atoms. The normalized spacial score (nSPS) is 19.0. The van der Waals surface area contributed by atoms with Crippen molar-refractivity contribution in [3.05, 3.63) is 70.3 Å². The average Bonchev–Trinajstić information content (AvgIpc) is 3.62. The van der Waals surface area contributed by atoms with Gasteiger partial charge in [-0.05, 0) is 80.7 Å². The molecule has 4 heterocycles. The Hall–Kier alpha value is -3.25. The van der Waals surface area contributed by atoms with Gasteiger partial charge >= 0.3 is 0 Å². The summed E-state index contributed by atoms with van der Waals surface area (Å²) < 4.78 is 5.94.